The van der Waals surface area contributed by atoms with Crippen molar-refractivity contribution in [3.8, 4) is 11.1 Å². The van der Waals surface area contributed by atoms with Crippen LogP contribution in [-0.4, -0.2) is 28.6 Å². The Morgan fingerprint density at radius 2 is 1.63 bits per heavy atom. The number of hydrogen-bond donors (Lipinski definition) is 1. The summed E-state index contributed by atoms with van der Waals surface area (Å²) >= 11 is 6.25. The van der Waals surface area contributed by atoms with Crippen LogP contribution in [0.1, 0.15) is 29.2 Å². The summed E-state index contributed by atoms with van der Waals surface area (Å²) in [6, 6.07) is 17.9. The molecule has 0 atom stereocenters. The first kappa shape index (κ1) is 26.1. The maximum absolute atomic E-state index is 13.5. The van der Waals surface area contributed by atoms with E-state index < -0.39 is 35.8 Å². The van der Waals surface area contributed by atoms with Crippen molar-refractivity contribution in [1.82, 2.24) is 4.90 Å². The van der Waals surface area contributed by atoms with Gasteiger partial charge in [0, 0.05) is 23.7 Å². The number of carbonyl (C=O) groups excluding carboxylic acids is 1. The molecule has 35 heavy (non-hydrogen) atoms. The molecule has 3 rings (SSSR count). The SMILES string of the molecule is CCN(Cc1ccccc1-c1cc(CC(=O)O)c(C(F)(F)F)cc1Cl)C(=O)OCc1ccccc1. The molecular formula is C26H23ClF3NO4. The van der Waals surface area contributed by atoms with Crippen molar-refractivity contribution in [3.05, 3.63) is 94.0 Å². The Kier molecular flexibility index (Phi) is 8.40. The first-order valence-electron chi connectivity index (χ1n) is 10.8. The third-order valence-corrected chi connectivity index (χ3v) is 5.67. The van der Waals surface area contributed by atoms with E-state index >= 15 is 0 Å². The monoisotopic (exact) mass is 505 g/mol. The summed E-state index contributed by atoms with van der Waals surface area (Å²) in [5, 5.41) is 8.96. The van der Waals surface area contributed by atoms with E-state index in [0.717, 1.165) is 17.7 Å². The molecule has 0 aliphatic rings. The second-order valence-corrected chi connectivity index (χ2v) is 8.18. The summed E-state index contributed by atoms with van der Waals surface area (Å²) in [7, 11) is 0. The van der Waals surface area contributed by atoms with E-state index in [1.165, 1.54) is 4.90 Å². The van der Waals surface area contributed by atoms with Crippen molar-refractivity contribution in [2.45, 2.75) is 32.7 Å². The first-order valence-corrected chi connectivity index (χ1v) is 11.1. The highest BCUT2D eigenvalue weighted by Crippen LogP contribution is 2.39. The van der Waals surface area contributed by atoms with Crippen LogP contribution in [0.25, 0.3) is 11.1 Å². The lowest BCUT2D eigenvalue weighted by atomic mass is 9.94. The average Bonchev–Trinajstić information content (AvgIpc) is 2.82. The van der Waals surface area contributed by atoms with E-state index in [9.17, 15) is 22.8 Å². The first-order chi connectivity index (χ1) is 16.6. The molecule has 184 valence electrons. The highest BCUT2D eigenvalue weighted by atomic mass is 35.5. The number of carbonyl (C=O) groups is 2. The zero-order valence-corrected chi connectivity index (χ0v) is 19.6. The molecule has 0 saturated heterocycles. The normalized spacial score (nSPS) is 11.2. The number of aliphatic carboxylic acids is 1. The van der Waals surface area contributed by atoms with Crippen LogP contribution < -0.4 is 0 Å². The molecule has 0 saturated carbocycles. The number of alkyl halides is 3. The van der Waals surface area contributed by atoms with Crippen LogP contribution in [-0.2, 0) is 35.3 Å². The van der Waals surface area contributed by atoms with Crippen molar-refractivity contribution in [2.24, 2.45) is 0 Å². The van der Waals surface area contributed by atoms with Gasteiger partial charge in [-0.1, -0.05) is 66.2 Å². The molecule has 0 radical (unpaired) electrons. The number of nitrogens with zero attached hydrogens (tertiary/aromatic N) is 1. The number of halogens is 4. The minimum absolute atomic E-state index is 0.0983. The maximum Gasteiger partial charge on any atom is 0.416 e. The quantitative estimate of drug-likeness (QED) is 0.365. The smallest absolute Gasteiger partial charge is 0.416 e. The second-order valence-electron chi connectivity index (χ2n) is 7.77. The fourth-order valence-electron chi connectivity index (χ4n) is 3.64. The predicted molar refractivity (Wildman–Crippen MR) is 126 cm³/mol. The van der Waals surface area contributed by atoms with E-state index in [4.69, 9.17) is 21.4 Å². The van der Waals surface area contributed by atoms with E-state index in [-0.39, 0.29) is 23.7 Å². The Morgan fingerprint density at radius 3 is 2.26 bits per heavy atom. The number of rotatable bonds is 8. The fourth-order valence-corrected chi connectivity index (χ4v) is 3.91. The van der Waals surface area contributed by atoms with Gasteiger partial charge in [0.05, 0.1) is 12.0 Å². The minimum atomic E-state index is -4.76. The molecule has 0 aliphatic heterocycles. The van der Waals surface area contributed by atoms with Gasteiger partial charge in [-0.25, -0.2) is 4.79 Å². The number of carboxylic acid groups (broad SMARTS) is 1. The zero-order valence-electron chi connectivity index (χ0n) is 18.8. The topological polar surface area (TPSA) is 66.8 Å². The Balaban J connectivity index is 1.92. The van der Waals surface area contributed by atoms with Gasteiger partial charge in [0.2, 0.25) is 0 Å². The molecule has 0 fully saturated rings. The van der Waals surface area contributed by atoms with Crippen molar-refractivity contribution in [3.63, 3.8) is 0 Å². The van der Waals surface area contributed by atoms with Crippen LogP contribution in [0.15, 0.2) is 66.7 Å². The molecule has 0 unspecified atom stereocenters. The van der Waals surface area contributed by atoms with Gasteiger partial charge >= 0.3 is 18.2 Å². The van der Waals surface area contributed by atoms with Crippen LogP contribution in [0.5, 0.6) is 0 Å². The standard InChI is InChI=1S/C26H23ClF3NO4/c1-2-31(25(34)35-16-17-8-4-3-5-9-17)15-18-10-6-7-11-20(18)21-12-19(13-24(32)33)22(14-23(21)27)26(28,29)30/h3-12,14H,2,13,15-16H2,1H3,(H,32,33). The van der Waals surface area contributed by atoms with Crippen LogP contribution in [0.4, 0.5) is 18.0 Å². The molecule has 1 N–H and O–H groups in total. The minimum Gasteiger partial charge on any atom is -0.481 e. The van der Waals surface area contributed by atoms with Gasteiger partial charge in [-0.15, -0.1) is 0 Å². The molecule has 0 aliphatic carbocycles. The van der Waals surface area contributed by atoms with E-state index in [1.807, 2.05) is 30.3 Å². The van der Waals surface area contributed by atoms with Gasteiger partial charge in [-0.05, 0) is 41.3 Å². The van der Waals surface area contributed by atoms with Crippen molar-refractivity contribution in [1.29, 1.82) is 0 Å². The van der Waals surface area contributed by atoms with Crippen LogP contribution in [0.2, 0.25) is 5.02 Å². The maximum atomic E-state index is 13.5. The summed E-state index contributed by atoms with van der Waals surface area (Å²) in [6.45, 7) is 2.32. The predicted octanol–water partition coefficient (Wildman–Crippen LogP) is 6.81. The van der Waals surface area contributed by atoms with Crippen LogP contribution in [0, 0.1) is 0 Å². The van der Waals surface area contributed by atoms with Gasteiger partial charge in [-0.2, -0.15) is 13.2 Å². The summed E-state index contributed by atoms with van der Waals surface area (Å²) < 4.78 is 45.9. The molecule has 1 amide bonds. The summed E-state index contributed by atoms with van der Waals surface area (Å²) in [5.41, 5.74) is 0.709. The van der Waals surface area contributed by atoms with E-state index in [0.29, 0.717) is 17.7 Å². The number of hydrogen-bond acceptors (Lipinski definition) is 3. The molecule has 3 aromatic rings. The van der Waals surface area contributed by atoms with E-state index in [1.54, 1.807) is 31.2 Å². The number of amides is 1. The van der Waals surface area contributed by atoms with Crippen molar-refractivity contribution >= 4 is 23.7 Å². The Hall–Kier alpha value is -3.52. The van der Waals surface area contributed by atoms with Crippen LogP contribution >= 0.6 is 11.6 Å². The number of carboxylic acids is 1. The van der Waals surface area contributed by atoms with Gasteiger partial charge in [-0.3, -0.25) is 4.79 Å². The number of ether oxygens (including phenoxy) is 1. The van der Waals surface area contributed by atoms with Gasteiger partial charge in [0.15, 0.2) is 0 Å². The molecule has 0 bridgehead atoms. The van der Waals surface area contributed by atoms with Crippen LogP contribution in [0.3, 0.4) is 0 Å². The third-order valence-electron chi connectivity index (χ3n) is 5.35. The Labute approximate surface area is 205 Å². The third kappa shape index (κ3) is 6.76. The van der Waals surface area contributed by atoms with Gasteiger partial charge in [0.1, 0.15) is 6.61 Å². The fraction of sp³-hybridized carbons (Fsp3) is 0.231. The second kappa shape index (κ2) is 11.3. The molecular weight excluding hydrogens is 483 g/mol. The van der Waals surface area contributed by atoms with Gasteiger partial charge < -0.3 is 14.7 Å². The van der Waals surface area contributed by atoms with Crippen molar-refractivity contribution < 1.29 is 32.6 Å². The summed E-state index contributed by atoms with van der Waals surface area (Å²) in [4.78, 5) is 25.4. The summed E-state index contributed by atoms with van der Waals surface area (Å²) in [5.74, 6) is -1.39. The average molecular weight is 506 g/mol. The van der Waals surface area contributed by atoms with Gasteiger partial charge in [0.25, 0.3) is 0 Å². The lowest BCUT2D eigenvalue weighted by molar-refractivity contribution is -0.139. The highest BCUT2D eigenvalue weighted by Gasteiger charge is 2.35. The molecule has 0 spiro atoms. The molecule has 0 heterocycles. The zero-order chi connectivity index (χ0) is 25.6. The lowest BCUT2D eigenvalue weighted by Crippen LogP contribution is -2.31. The molecule has 5 nitrogen and oxygen atoms in total. The number of benzene rings is 3. The molecule has 9 heteroatoms. The molecule has 0 aromatic heterocycles. The largest absolute Gasteiger partial charge is 0.481 e. The van der Waals surface area contributed by atoms with E-state index in [2.05, 4.69) is 0 Å². The lowest BCUT2D eigenvalue weighted by Gasteiger charge is -2.23. The Morgan fingerprint density at radius 1 is 0.971 bits per heavy atom. The summed E-state index contributed by atoms with van der Waals surface area (Å²) in [6.07, 6.45) is -6.11. The Bertz CT molecular complexity index is 1200. The molecule has 3 aromatic carbocycles. The highest BCUT2D eigenvalue weighted by molar-refractivity contribution is 6.33. The van der Waals surface area contributed by atoms with Crippen molar-refractivity contribution in [2.75, 3.05) is 6.54 Å².